The van der Waals surface area contributed by atoms with Crippen molar-refractivity contribution in [3.8, 4) is 5.88 Å². The smallest absolute Gasteiger partial charge is 0.313 e. The quantitative estimate of drug-likeness (QED) is 0.379. The highest BCUT2D eigenvalue weighted by molar-refractivity contribution is 5.83. The van der Waals surface area contributed by atoms with Crippen LogP contribution in [-0.4, -0.2) is 33.6 Å². The molecular formula is C12H17N3O5. The molecule has 0 radical (unpaired) electrons. The van der Waals surface area contributed by atoms with Gasteiger partial charge >= 0.3 is 11.9 Å². The van der Waals surface area contributed by atoms with Crippen LogP contribution >= 0.6 is 0 Å². The highest BCUT2D eigenvalue weighted by Gasteiger charge is 2.05. The lowest BCUT2D eigenvalue weighted by atomic mass is 10.2. The van der Waals surface area contributed by atoms with E-state index in [0.29, 0.717) is 13.0 Å². The second-order valence-corrected chi connectivity index (χ2v) is 4.16. The predicted molar refractivity (Wildman–Crippen MR) is 70.3 cm³/mol. The minimum atomic E-state index is -0.601. The largest absolute Gasteiger partial charge is 0.493 e. The molecule has 3 N–H and O–H groups in total. The van der Waals surface area contributed by atoms with Crippen LogP contribution in [0.3, 0.4) is 0 Å². The number of aromatic amines is 1. The number of ether oxygens (including phenoxy) is 1. The molecule has 1 rings (SSSR count). The maximum atomic E-state index is 11.0. The molecule has 1 aromatic heterocycles. The maximum absolute atomic E-state index is 11.0. The van der Waals surface area contributed by atoms with Crippen molar-refractivity contribution in [3.05, 3.63) is 16.4 Å². The fraction of sp³-hybridized carbons (Fsp3) is 0.500. The Morgan fingerprint density at radius 2 is 2.15 bits per heavy atom. The standard InChI is InChI=1S/C12H17N3O5/c1-8(16)20-11(19)5-3-2-4-6-13-12-14-9(17)7-10(18)15-12/h7H,2-6H2,1H3,(H3,13,14,15,17,18). The van der Waals surface area contributed by atoms with Crippen LogP contribution in [-0.2, 0) is 14.3 Å². The van der Waals surface area contributed by atoms with Crippen LogP contribution in [0, 0.1) is 0 Å². The van der Waals surface area contributed by atoms with Gasteiger partial charge in [-0.2, -0.15) is 4.98 Å². The fourth-order valence-electron chi connectivity index (χ4n) is 1.52. The first-order chi connectivity index (χ1) is 9.47. The molecule has 0 aliphatic heterocycles. The van der Waals surface area contributed by atoms with Crippen molar-refractivity contribution >= 4 is 17.9 Å². The van der Waals surface area contributed by atoms with Crippen LogP contribution in [0.1, 0.15) is 32.6 Å². The minimum Gasteiger partial charge on any atom is -0.493 e. The Balaban J connectivity index is 2.14. The Bertz CT molecular complexity index is 526. The topological polar surface area (TPSA) is 121 Å². The normalized spacial score (nSPS) is 10.1. The van der Waals surface area contributed by atoms with Gasteiger partial charge in [0.05, 0.1) is 6.07 Å². The summed E-state index contributed by atoms with van der Waals surface area (Å²) in [4.78, 5) is 38.7. The Labute approximate surface area is 115 Å². The lowest BCUT2D eigenvalue weighted by molar-refractivity contribution is -0.158. The van der Waals surface area contributed by atoms with Crippen LogP contribution in [0.25, 0.3) is 0 Å². The third-order valence-corrected chi connectivity index (χ3v) is 2.34. The summed E-state index contributed by atoms with van der Waals surface area (Å²) in [5, 5.41) is 12.0. The second kappa shape index (κ2) is 7.93. The highest BCUT2D eigenvalue weighted by atomic mass is 16.6. The molecule has 8 nitrogen and oxygen atoms in total. The number of aromatic hydroxyl groups is 1. The first kappa shape index (κ1) is 15.7. The van der Waals surface area contributed by atoms with E-state index in [1.807, 2.05) is 0 Å². The summed E-state index contributed by atoms with van der Waals surface area (Å²) in [6.07, 6.45) is 2.30. The van der Waals surface area contributed by atoms with E-state index in [1.165, 1.54) is 6.92 Å². The Kier molecular flexibility index (Phi) is 6.21. The zero-order valence-electron chi connectivity index (χ0n) is 11.1. The molecule has 0 aliphatic carbocycles. The molecule has 0 fully saturated rings. The molecule has 0 aromatic carbocycles. The lowest BCUT2D eigenvalue weighted by Crippen LogP contribution is -2.12. The third kappa shape index (κ3) is 6.53. The molecule has 0 saturated heterocycles. The van der Waals surface area contributed by atoms with Gasteiger partial charge in [0.25, 0.3) is 5.56 Å². The number of nitrogens with one attached hydrogen (secondary N) is 2. The first-order valence-corrected chi connectivity index (χ1v) is 6.23. The second-order valence-electron chi connectivity index (χ2n) is 4.16. The van der Waals surface area contributed by atoms with E-state index in [-0.39, 0.29) is 18.2 Å². The summed E-state index contributed by atoms with van der Waals surface area (Å²) in [5.41, 5.74) is -0.438. The van der Waals surface area contributed by atoms with Crippen LogP contribution in [0.15, 0.2) is 10.9 Å². The van der Waals surface area contributed by atoms with Gasteiger partial charge in [0.1, 0.15) is 0 Å². The molecule has 0 saturated carbocycles. The van der Waals surface area contributed by atoms with E-state index in [1.54, 1.807) is 0 Å². The number of hydrogen-bond acceptors (Lipinski definition) is 7. The molecule has 0 unspecified atom stereocenters. The summed E-state index contributed by atoms with van der Waals surface area (Å²) in [5.74, 6) is -1.27. The van der Waals surface area contributed by atoms with Crippen molar-refractivity contribution in [2.75, 3.05) is 11.9 Å². The molecule has 0 atom stereocenters. The van der Waals surface area contributed by atoms with Crippen molar-refractivity contribution in [1.29, 1.82) is 0 Å². The van der Waals surface area contributed by atoms with Crippen molar-refractivity contribution in [3.63, 3.8) is 0 Å². The van der Waals surface area contributed by atoms with Gasteiger partial charge in [0, 0.05) is 19.9 Å². The Hall–Kier alpha value is -2.38. The minimum absolute atomic E-state index is 0.195. The molecule has 0 aliphatic rings. The maximum Gasteiger partial charge on any atom is 0.313 e. The molecule has 1 heterocycles. The van der Waals surface area contributed by atoms with Crippen molar-refractivity contribution in [2.45, 2.75) is 32.6 Å². The average Bonchev–Trinajstić information content (AvgIpc) is 2.31. The van der Waals surface area contributed by atoms with E-state index >= 15 is 0 Å². The number of hydrogen-bond donors (Lipinski definition) is 3. The molecular weight excluding hydrogens is 266 g/mol. The van der Waals surface area contributed by atoms with Crippen LogP contribution < -0.4 is 10.9 Å². The van der Waals surface area contributed by atoms with E-state index < -0.39 is 17.5 Å². The van der Waals surface area contributed by atoms with Gasteiger partial charge in [-0.1, -0.05) is 6.42 Å². The average molecular weight is 283 g/mol. The van der Waals surface area contributed by atoms with E-state index in [4.69, 9.17) is 5.11 Å². The zero-order chi connectivity index (χ0) is 15.0. The number of H-pyrrole nitrogens is 1. The number of nitrogens with zero attached hydrogens (tertiary/aromatic N) is 1. The van der Waals surface area contributed by atoms with Crippen LogP contribution in [0.2, 0.25) is 0 Å². The lowest BCUT2D eigenvalue weighted by Gasteiger charge is -2.05. The van der Waals surface area contributed by atoms with Gasteiger partial charge in [0.2, 0.25) is 11.8 Å². The van der Waals surface area contributed by atoms with Crippen LogP contribution in [0.4, 0.5) is 5.95 Å². The van der Waals surface area contributed by atoms with Gasteiger partial charge in [-0.3, -0.25) is 19.4 Å². The van der Waals surface area contributed by atoms with E-state index in [2.05, 4.69) is 20.0 Å². The number of esters is 2. The van der Waals surface area contributed by atoms with Gasteiger partial charge in [-0.15, -0.1) is 0 Å². The number of aromatic nitrogens is 2. The Morgan fingerprint density at radius 1 is 1.40 bits per heavy atom. The van der Waals surface area contributed by atoms with Gasteiger partial charge in [0.15, 0.2) is 0 Å². The van der Waals surface area contributed by atoms with Crippen molar-refractivity contribution in [1.82, 2.24) is 9.97 Å². The summed E-state index contributed by atoms with van der Waals surface area (Å²) in [6, 6.07) is 0.978. The predicted octanol–water partition coefficient (Wildman–Crippen LogP) is 0.538. The number of carbonyl (C=O) groups excluding carboxylic acids is 2. The van der Waals surface area contributed by atoms with Crippen LogP contribution in [0.5, 0.6) is 5.88 Å². The molecule has 0 bridgehead atoms. The molecule has 0 spiro atoms. The third-order valence-electron chi connectivity index (χ3n) is 2.34. The number of unbranched alkanes of at least 4 members (excludes halogenated alkanes) is 2. The summed E-state index contributed by atoms with van der Waals surface area (Å²) in [6.45, 7) is 1.72. The van der Waals surface area contributed by atoms with Gasteiger partial charge < -0.3 is 15.2 Å². The molecule has 8 heteroatoms. The van der Waals surface area contributed by atoms with Crippen molar-refractivity contribution in [2.24, 2.45) is 0 Å². The summed E-state index contributed by atoms with van der Waals surface area (Å²) in [7, 11) is 0. The molecule has 110 valence electrons. The number of anilines is 1. The fourth-order valence-corrected chi connectivity index (χ4v) is 1.52. The molecule has 1 aromatic rings. The van der Waals surface area contributed by atoms with E-state index in [9.17, 15) is 14.4 Å². The highest BCUT2D eigenvalue weighted by Crippen LogP contribution is 2.04. The zero-order valence-corrected chi connectivity index (χ0v) is 11.1. The van der Waals surface area contributed by atoms with Crippen molar-refractivity contribution < 1.29 is 19.4 Å². The monoisotopic (exact) mass is 283 g/mol. The van der Waals surface area contributed by atoms with Gasteiger partial charge in [-0.05, 0) is 12.8 Å². The molecule has 0 amide bonds. The SMILES string of the molecule is CC(=O)OC(=O)CCCCCNc1nc(O)cc(=O)[nH]1. The number of rotatable bonds is 7. The number of carbonyl (C=O) groups is 2. The summed E-state index contributed by atoms with van der Waals surface area (Å²) >= 11 is 0. The molecule has 20 heavy (non-hydrogen) atoms. The first-order valence-electron chi connectivity index (χ1n) is 6.23. The van der Waals surface area contributed by atoms with Gasteiger partial charge in [-0.25, -0.2) is 0 Å². The Morgan fingerprint density at radius 3 is 2.80 bits per heavy atom. The van der Waals surface area contributed by atoms with E-state index in [0.717, 1.165) is 18.9 Å². The summed E-state index contributed by atoms with van der Waals surface area (Å²) < 4.78 is 4.38.